The fourth-order valence-corrected chi connectivity index (χ4v) is 3.92. The van der Waals surface area contributed by atoms with Crippen LogP contribution in [0.15, 0.2) is 91.5 Å². The molecular formula is C24H16N4. The van der Waals surface area contributed by atoms with Crippen LogP contribution in [0, 0.1) is 0 Å². The van der Waals surface area contributed by atoms with E-state index in [9.17, 15) is 0 Å². The lowest BCUT2D eigenvalue weighted by Gasteiger charge is -2.10. The maximum absolute atomic E-state index is 4.62. The van der Waals surface area contributed by atoms with Crippen molar-refractivity contribution in [2.75, 3.05) is 0 Å². The Kier molecular flexibility index (Phi) is 3.14. The van der Waals surface area contributed by atoms with Gasteiger partial charge in [-0.15, -0.1) is 0 Å². The third kappa shape index (κ3) is 2.25. The second-order valence-corrected chi connectivity index (χ2v) is 6.95. The summed E-state index contributed by atoms with van der Waals surface area (Å²) < 4.78 is 2.14. The molecule has 0 atom stereocenters. The van der Waals surface area contributed by atoms with E-state index in [4.69, 9.17) is 0 Å². The topological polar surface area (TPSA) is 46.5 Å². The van der Waals surface area contributed by atoms with E-state index in [0.29, 0.717) is 0 Å². The van der Waals surface area contributed by atoms with Crippen LogP contribution in [0.5, 0.6) is 0 Å². The predicted molar refractivity (Wildman–Crippen MR) is 114 cm³/mol. The van der Waals surface area contributed by atoms with E-state index in [0.717, 1.165) is 33.3 Å². The molecule has 4 nitrogen and oxygen atoms in total. The smallest absolute Gasteiger partial charge is 0.148 e. The molecule has 0 aliphatic carbocycles. The molecule has 0 radical (unpaired) electrons. The summed E-state index contributed by atoms with van der Waals surface area (Å²) in [6.45, 7) is 0. The quantitative estimate of drug-likeness (QED) is 0.429. The summed E-state index contributed by atoms with van der Waals surface area (Å²) in [5.74, 6) is 0.899. The first-order valence-electron chi connectivity index (χ1n) is 9.26. The van der Waals surface area contributed by atoms with Gasteiger partial charge in [0.2, 0.25) is 0 Å². The van der Waals surface area contributed by atoms with Crippen molar-refractivity contribution >= 4 is 32.7 Å². The summed E-state index contributed by atoms with van der Waals surface area (Å²) in [4.78, 5) is 12.4. The highest BCUT2D eigenvalue weighted by molar-refractivity contribution is 5.93. The molecular weight excluding hydrogens is 344 g/mol. The molecule has 0 bridgehead atoms. The molecule has 28 heavy (non-hydrogen) atoms. The number of para-hydroxylation sites is 1. The van der Waals surface area contributed by atoms with Crippen molar-refractivity contribution in [2.45, 2.75) is 0 Å². The molecule has 3 aromatic heterocycles. The minimum absolute atomic E-state index is 0.899. The zero-order valence-corrected chi connectivity index (χ0v) is 15.0. The van der Waals surface area contributed by atoms with Crippen molar-refractivity contribution in [1.29, 1.82) is 0 Å². The Labute approximate surface area is 161 Å². The number of hydrogen-bond donors (Lipinski definition) is 1. The Morgan fingerprint density at radius 2 is 1.64 bits per heavy atom. The summed E-state index contributed by atoms with van der Waals surface area (Å²) in [5.41, 5.74) is 5.56. The first kappa shape index (κ1) is 15.2. The van der Waals surface area contributed by atoms with E-state index in [1.807, 2.05) is 6.20 Å². The van der Waals surface area contributed by atoms with Gasteiger partial charge in [0.25, 0.3) is 0 Å². The highest BCUT2D eigenvalue weighted by Crippen LogP contribution is 2.30. The molecule has 4 heteroatoms. The van der Waals surface area contributed by atoms with Crippen LogP contribution in [-0.4, -0.2) is 19.5 Å². The molecule has 0 unspecified atom stereocenters. The van der Waals surface area contributed by atoms with E-state index in [1.54, 1.807) is 6.33 Å². The van der Waals surface area contributed by atoms with Crippen LogP contribution in [0.1, 0.15) is 0 Å². The lowest BCUT2D eigenvalue weighted by Crippen LogP contribution is -1.98. The first-order chi connectivity index (χ1) is 13.9. The Balaban J connectivity index is 1.59. The van der Waals surface area contributed by atoms with Gasteiger partial charge in [-0.25, -0.2) is 9.97 Å². The molecule has 0 aliphatic rings. The van der Waals surface area contributed by atoms with Gasteiger partial charge in [0, 0.05) is 23.3 Å². The van der Waals surface area contributed by atoms with Crippen LogP contribution in [0.3, 0.4) is 0 Å². The summed E-state index contributed by atoms with van der Waals surface area (Å²) in [5, 5.41) is 3.44. The fraction of sp³-hybridized carbons (Fsp3) is 0. The minimum atomic E-state index is 0.899. The zero-order chi connectivity index (χ0) is 18.5. The van der Waals surface area contributed by atoms with Gasteiger partial charge < -0.3 is 9.55 Å². The molecule has 0 amide bonds. The van der Waals surface area contributed by atoms with Crippen LogP contribution in [0.2, 0.25) is 0 Å². The van der Waals surface area contributed by atoms with E-state index in [1.165, 1.54) is 16.3 Å². The number of H-pyrrole nitrogens is 1. The second-order valence-electron chi connectivity index (χ2n) is 6.95. The van der Waals surface area contributed by atoms with Crippen LogP contribution >= 0.6 is 0 Å². The van der Waals surface area contributed by atoms with Crippen molar-refractivity contribution in [3.63, 3.8) is 0 Å². The average molecular weight is 360 g/mol. The van der Waals surface area contributed by atoms with Crippen molar-refractivity contribution in [3.8, 4) is 16.9 Å². The van der Waals surface area contributed by atoms with Gasteiger partial charge in [0.1, 0.15) is 12.1 Å². The highest BCUT2D eigenvalue weighted by Gasteiger charge is 2.10. The Hall–Kier alpha value is -3.92. The zero-order valence-electron chi connectivity index (χ0n) is 15.0. The van der Waals surface area contributed by atoms with Crippen molar-refractivity contribution < 1.29 is 0 Å². The molecule has 6 rings (SSSR count). The predicted octanol–water partition coefficient (Wildman–Crippen LogP) is 5.72. The molecule has 0 fully saturated rings. The summed E-state index contributed by atoms with van der Waals surface area (Å²) >= 11 is 0. The molecule has 0 saturated carbocycles. The van der Waals surface area contributed by atoms with Gasteiger partial charge in [-0.3, -0.25) is 0 Å². The summed E-state index contributed by atoms with van der Waals surface area (Å²) in [7, 11) is 0. The van der Waals surface area contributed by atoms with Crippen LogP contribution in [0.4, 0.5) is 0 Å². The lowest BCUT2D eigenvalue weighted by molar-refractivity contribution is 1.04. The van der Waals surface area contributed by atoms with Crippen LogP contribution in [0.25, 0.3) is 49.7 Å². The molecule has 3 heterocycles. The largest absolute Gasteiger partial charge is 0.361 e. The van der Waals surface area contributed by atoms with E-state index in [-0.39, 0.29) is 0 Å². The summed E-state index contributed by atoms with van der Waals surface area (Å²) in [6.07, 6.45) is 5.68. The number of fused-ring (bicyclic) bond motifs is 3. The van der Waals surface area contributed by atoms with Crippen LogP contribution < -0.4 is 0 Å². The number of rotatable bonds is 2. The van der Waals surface area contributed by atoms with Crippen LogP contribution in [-0.2, 0) is 0 Å². The van der Waals surface area contributed by atoms with Crippen molar-refractivity contribution in [3.05, 3.63) is 91.5 Å². The number of nitrogens with zero attached hydrogens (tertiary/aromatic N) is 3. The van der Waals surface area contributed by atoms with Crippen molar-refractivity contribution in [2.24, 2.45) is 0 Å². The van der Waals surface area contributed by atoms with E-state index < -0.39 is 0 Å². The Bertz CT molecular complexity index is 1470. The number of hydrogen-bond acceptors (Lipinski definition) is 2. The maximum atomic E-state index is 4.62. The van der Waals surface area contributed by atoms with Gasteiger partial charge in [0.15, 0.2) is 0 Å². The molecule has 6 aromatic rings. The highest BCUT2D eigenvalue weighted by atomic mass is 15.1. The van der Waals surface area contributed by atoms with E-state index >= 15 is 0 Å². The third-order valence-corrected chi connectivity index (χ3v) is 5.33. The minimum Gasteiger partial charge on any atom is -0.361 e. The third-order valence-electron chi connectivity index (χ3n) is 5.33. The first-order valence-corrected chi connectivity index (χ1v) is 9.26. The van der Waals surface area contributed by atoms with Gasteiger partial charge in [-0.1, -0.05) is 30.3 Å². The lowest BCUT2D eigenvalue weighted by atomic mass is 10.0. The average Bonchev–Trinajstić information content (AvgIpc) is 3.39. The standard InChI is InChI=1S/C24H16N4/c1-2-4-23-16(3-1)10-12-28(23)24-20-14-18(6-8-22(20)26-15-27-24)17-5-7-21-19(13-17)9-11-25-21/h1-15,25H. The number of benzene rings is 3. The number of nitrogens with one attached hydrogen (secondary N) is 1. The Morgan fingerprint density at radius 1 is 0.750 bits per heavy atom. The molecule has 3 aromatic carbocycles. The molecule has 132 valence electrons. The van der Waals surface area contributed by atoms with Gasteiger partial charge in [-0.2, -0.15) is 0 Å². The van der Waals surface area contributed by atoms with Gasteiger partial charge in [-0.05, 0) is 64.4 Å². The number of aromatic amines is 1. The number of aromatic nitrogens is 4. The fourth-order valence-electron chi connectivity index (χ4n) is 3.92. The molecule has 0 saturated heterocycles. The molecule has 1 N–H and O–H groups in total. The summed E-state index contributed by atoms with van der Waals surface area (Å²) in [6, 6.07) is 25.4. The Morgan fingerprint density at radius 3 is 2.64 bits per heavy atom. The molecule has 0 aliphatic heterocycles. The maximum Gasteiger partial charge on any atom is 0.148 e. The SMILES string of the molecule is c1ccc2c(c1)ccn2-c1ncnc2ccc(-c3ccc4[nH]ccc4c3)cc12. The molecule has 0 spiro atoms. The van der Waals surface area contributed by atoms with Gasteiger partial charge >= 0.3 is 0 Å². The monoisotopic (exact) mass is 360 g/mol. The normalized spacial score (nSPS) is 11.6. The van der Waals surface area contributed by atoms with E-state index in [2.05, 4.69) is 98.5 Å². The second kappa shape index (κ2) is 5.79. The van der Waals surface area contributed by atoms with Gasteiger partial charge in [0.05, 0.1) is 11.0 Å². The van der Waals surface area contributed by atoms with Crippen molar-refractivity contribution in [1.82, 2.24) is 19.5 Å².